The molecular formula is C25H23N3O6. The molecule has 1 aliphatic carbocycles. The number of pyridine rings is 1. The van der Waals surface area contributed by atoms with Gasteiger partial charge in [-0.15, -0.1) is 0 Å². The minimum atomic E-state index is -1.49. The van der Waals surface area contributed by atoms with Gasteiger partial charge in [0.05, 0.1) is 6.10 Å². The van der Waals surface area contributed by atoms with E-state index in [1.807, 2.05) is 48.5 Å². The predicted octanol–water partition coefficient (Wildman–Crippen LogP) is 3.01. The number of carbonyl (C=O) groups excluding carboxylic acids is 2. The SMILES string of the molecule is CC(O)C(NC(=O)c1cccc(NC(=O)OCC2c3ccccc3-c3ccccc32)n1)C(=O)O. The van der Waals surface area contributed by atoms with Crippen LogP contribution in [0.5, 0.6) is 0 Å². The normalized spacial score (nSPS) is 13.8. The Balaban J connectivity index is 1.41. The molecule has 4 N–H and O–H groups in total. The first-order valence-corrected chi connectivity index (χ1v) is 10.7. The van der Waals surface area contributed by atoms with Gasteiger partial charge in [0.1, 0.15) is 18.1 Å². The van der Waals surface area contributed by atoms with Crippen LogP contribution in [0, 0.1) is 0 Å². The van der Waals surface area contributed by atoms with E-state index in [2.05, 4.69) is 15.6 Å². The lowest BCUT2D eigenvalue weighted by molar-refractivity contribution is -0.141. The minimum Gasteiger partial charge on any atom is -0.480 e. The number of rotatable bonds is 7. The highest BCUT2D eigenvalue weighted by molar-refractivity contribution is 5.96. The average Bonchev–Trinajstić information content (AvgIpc) is 3.14. The largest absolute Gasteiger partial charge is 0.480 e. The molecule has 1 aromatic heterocycles. The van der Waals surface area contributed by atoms with Crippen molar-refractivity contribution in [3.8, 4) is 11.1 Å². The van der Waals surface area contributed by atoms with Crippen LogP contribution >= 0.6 is 0 Å². The van der Waals surface area contributed by atoms with E-state index in [1.165, 1.54) is 25.1 Å². The molecule has 0 radical (unpaired) electrons. The van der Waals surface area contributed by atoms with Gasteiger partial charge in [0.15, 0.2) is 6.04 Å². The number of hydrogen-bond donors (Lipinski definition) is 4. The summed E-state index contributed by atoms with van der Waals surface area (Å²) >= 11 is 0. The number of hydrogen-bond acceptors (Lipinski definition) is 6. The zero-order chi connectivity index (χ0) is 24.2. The van der Waals surface area contributed by atoms with Crippen molar-refractivity contribution in [3.63, 3.8) is 0 Å². The lowest BCUT2D eigenvalue weighted by Gasteiger charge is -2.17. The van der Waals surface area contributed by atoms with E-state index in [4.69, 9.17) is 9.84 Å². The highest BCUT2D eigenvalue weighted by Gasteiger charge is 2.29. The molecule has 0 bridgehead atoms. The summed E-state index contributed by atoms with van der Waals surface area (Å²) in [6.07, 6.45) is -2.04. The van der Waals surface area contributed by atoms with Crippen LogP contribution in [0.3, 0.4) is 0 Å². The molecule has 2 unspecified atom stereocenters. The summed E-state index contributed by atoms with van der Waals surface area (Å²) in [6.45, 7) is 1.37. The summed E-state index contributed by atoms with van der Waals surface area (Å²) in [5.74, 6) is -2.22. The Hall–Kier alpha value is -4.24. The monoisotopic (exact) mass is 461 g/mol. The summed E-state index contributed by atoms with van der Waals surface area (Å²) in [4.78, 5) is 40.0. The maximum atomic E-state index is 12.4. The first-order valence-electron chi connectivity index (χ1n) is 10.7. The molecule has 0 saturated carbocycles. The van der Waals surface area contributed by atoms with Crippen molar-refractivity contribution >= 4 is 23.8 Å². The fourth-order valence-corrected chi connectivity index (χ4v) is 3.97. The molecule has 1 heterocycles. The maximum absolute atomic E-state index is 12.4. The lowest BCUT2D eigenvalue weighted by atomic mass is 9.98. The fraction of sp³-hybridized carbons (Fsp3) is 0.200. The zero-order valence-electron chi connectivity index (χ0n) is 18.3. The van der Waals surface area contributed by atoms with Gasteiger partial charge in [0, 0.05) is 5.92 Å². The molecule has 9 nitrogen and oxygen atoms in total. The molecule has 0 spiro atoms. The topological polar surface area (TPSA) is 138 Å². The number of aliphatic carboxylic acids is 1. The van der Waals surface area contributed by atoms with Crippen LogP contribution in [0.4, 0.5) is 10.6 Å². The van der Waals surface area contributed by atoms with E-state index in [0.29, 0.717) is 0 Å². The van der Waals surface area contributed by atoms with E-state index in [0.717, 1.165) is 22.3 Å². The molecule has 0 aliphatic heterocycles. The summed E-state index contributed by atoms with van der Waals surface area (Å²) in [5, 5.41) is 23.3. The number of aromatic nitrogens is 1. The molecule has 2 aromatic carbocycles. The molecule has 0 saturated heterocycles. The second-order valence-electron chi connectivity index (χ2n) is 7.89. The minimum absolute atomic E-state index is 0.0637. The Morgan fingerprint density at radius 3 is 2.18 bits per heavy atom. The number of nitrogens with one attached hydrogen (secondary N) is 2. The number of anilines is 1. The number of nitrogens with zero attached hydrogens (tertiary/aromatic N) is 1. The Morgan fingerprint density at radius 1 is 0.971 bits per heavy atom. The summed E-state index contributed by atoms with van der Waals surface area (Å²) in [5.41, 5.74) is 4.27. The average molecular weight is 461 g/mol. The Kier molecular flexibility index (Phi) is 6.55. The molecule has 4 rings (SSSR count). The van der Waals surface area contributed by atoms with Gasteiger partial charge in [-0.3, -0.25) is 10.1 Å². The van der Waals surface area contributed by atoms with Crippen molar-refractivity contribution in [1.29, 1.82) is 0 Å². The molecule has 174 valence electrons. The Bertz CT molecular complexity index is 1200. The van der Waals surface area contributed by atoms with Crippen molar-refractivity contribution in [1.82, 2.24) is 10.3 Å². The van der Waals surface area contributed by atoms with Gasteiger partial charge < -0.3 is 20.3 Å². The van der Waals surface area contributed by atoms with Crippen LogP contribution in [0.15, 0.2) is 66.7 Å². The van der Waals surface area contributed by atoms with Crippen molar-refractivity contribution in [2.24, 2.45) is 0 Å². The number of benzene rings is 2. The summed E-state index contributed by atoms with van der Waals surface area (Å²) < 4.78 is 5.47. The number of aliphatic hydroxyl groups is 1. The Labute approximate surface area is 195 Å². The van der Waals surface area contributed by atoms with Gasteiger partial charge in [-0.05, 0) is 41.3 Å². The molecule has 2 atom stereocenters. The first kappa shape index (κ1) is 22.9. The molecule has 3 aromatic rings. The number of aliphatic hydroxyl groups excluding tert-OH is 1. The standard InChI is InChI=1S/C25H23N3O6/c1-14(29)22(24(31)32)28-23(30)20-11-6-12-21(26-20)27-25(33)34-13-19-17-9-4-2-7-15(17)16-8-3-5-10-18(16)19/h2-12,14,19,22,29H,13H2,1H3,(H,28,30)(H,31,32)(H,26,27,33). The fourth-order valence-electron chi connectivity index (χ4n) is 3.97. The zero-order valence-corrected chi connectivity index (χ0v) is 18.3. The molecule has 1 aliphatic rings. The van der Waals surface area contributed by atoms with Crippen LogP contribution in [0.2, 0.25) is 0 Å². The summed E-state index contributed by atoms with van der Waals surface area (Å²) in [7, 11) is 0. The van der Waals surface area contributed by atoms with E-state index >= 15 is 0 Å². The molecule has 2 amide bonds. The number of carboxylic acid groups (broad SMARTS) is 1. The van der Waals surface area contributed by atoms with Crippen molar-refractivity contribution in [2.45, 2.75) is 25.0 Å². The number of carboxylic acids is 1. The third kappa shape index (κ3) is 4.74. The van der Waals surface area contributed by atoms with Gasteiger partial charge in [-0.2, -0.15) is 0 Å². The van der Waals surface area contributed by atoms with Crippen molar-refractivity contribution in [3.05, 3.63) is 83.6 Å². The number of fused-ring (bicyclic) bond motifs is 3. The predicted molar refractivity (Wildman–Crippen MR) is 123 cm³/mol. The van der Waals surface area contributed by atoms with Gasteiger partial charge in [-0.25, -0.2) is 14.6 Å². The molecular weight excluding hydrogens is 438 g/mol. The first-order chi connectivity index (χ1) is 16.3. The summed E-state index contributed by atoms with van der Waals surface area (Å²) in [6, 6.07) is 18.8. The van der Waals surface area contributed by atoms with E-state index in [-0.39, 0.29) is 24.0 Å². The third-order valence-corrected chi connectivity index (χ3v) is 5.59. The van der Waals surface area contributed by atoms with E-state index in [1.54, 1.807) is 0 Å². The van der Waals surface area contributed by atoms with Gasteiger partial charge in [0.2, 0.25) is 0 Å². The molecule has 34 heavy (non-hydrogen) atoms. The maximum Gasteiger partial charge on any atom is 0.412 e. The van der Waals surface area contributed by atoms with Crippen LogP contribution in [0.25, 0.3) is 11.1 Å². The number of amides is 2. The second kappa shape index (κ2) is 9.72. The van der Waals surface area contributed by atoms with Gasteiger partial charge >= 0.3 is 12.1 Å². The third-order valence-electron chi connectivity index (χ3n) is 5.59. The van der Waals surface area contributed by atoms with Gasteiger partial charge in [-0.1, -0.05) is 54.6 Å². The van der Waals surface area contributed by atoms with Crippen LogP contribution in [-0.2, 0) is 9.53 Å². The highest BCUT2D eigenvalue weighted by atomic mass is 16.5. The highest BCUT2D eigenvalue weighted by Crippen LogP contribution is 2.44. The number of ether oxygens (including phenoxy) is 1. The van der Waals surface area contributed by atoms with Crippen LogP contribution in [-0.4, -0.2) is 51.9 Å². The van der Waals surface area contributed by atoms with E-state index in [9.17, 15) is 19.5 Å². The van der Waals surface area contributed by atoms with E-state index < -0.39 is 30.1 Å². The van der Waals surface area contributed by atoms with Crippen molar-refractivity contribution < 1.29 is 29.3 Å². The number of carbonyl (C=O) groups is 3. The van der Waals surface area contributed by atoms with Crippen molar-refractivity contribution in [2.75, 3.05) is 11.9 Å². The Morgan fingerprint density at radius 2 is 1.59 bits per heavy atom. The molecule has 9 heteroatoms. The molecule has 0 fully saturated rings. The lowest BCUT2D eigenvalue weighted by Crippen LogP contribution is -2.47. The van der Waals surface area contributed by atoms with Crippen LogP contribution < -0.4 is 10.6 Å². The van der Waals surface area contributed by atoms with Crippen LogP contribution in [0.1, 0.15) is 34.5 Å². The van der Waals surface area contributed by atoms with Gasteiger partial charge in [0.25, 0.3) is 5.91 Å². The second-order valence-corrected chi connectivity index (χ2v) is 7.89. The smallest absolute Gasteiger partial charge is 0.412 e. The quantitative estimate of drug-likeness (QED) is 0.424.